The molecule has 1 aromatic heterocycles. The Labute approximate surface area is 210 Å². The number of anilines is 2. The van der Waals surface area contributed by atoms with Crippen LogP contribution in [-0.2, 0) is 29.4 Å². The van der Waals surface area contributed by atoms with Crippen LogP contribution in [0.3, 0.4) is 0 Å². The minimum Gasteiger partial charge on any atom is -0.478 e. The fourth-order valence-electron chi connectivity index (χ4n) is 5.61. The van der Waals surface area contributed by atoms with Crippen LogP contribution in [0.25, 0.3) is 0 Å². The van der Waals surface area contributed by atoms with Crippen molar-refractivity contribution in [1.82, 2.24) is 4.98 Å². The molecule has 6 rings (SSSR count). The molecule has 2 heterocycles. The average molecular weight is 510 g/mol. The van der Waals surface area contributed by atoms with Crippen LogP contribution < -0.4 is 9.64 Å². The molecule has 0 spiro atoms. The van der Waals surface area contributed by atoms with E-state index in [1.54, 1.807) is 29.3 Å². The van der Waals surface area contributed by atoms with Crippen LogP contribution in [0.5, 0.6) is 5.88 Å². The van der Waals surface area contributed by atoms with Gasteiger partial charge in [0.1, 0.15) is 12.4 Å². The number of carboxylic acids is 1. The first kappa shape index (κ1) is 23.5. The zero-order chi connectivity index (χ0) is 26.3. The normalized spacial score (nSPS) is 19.0. The number of fused-ring (bicyclic) bond motifs is 4. The number of carboxylic acid groups (broad SMARTS) is 1. The SMILES string of the molecule is CC1(C)CN(c2ccccc2C(F)(F)F)c2cc(COc3cc4c(cn3)C3C(=C3C(=O)O)C4)c(F)cc21. The van der Waals surface area contributed by atoms with Crippen LogP contribution in [0.2, 0.25) is 0 Å². The van der Waals surface area contributed by atoms with Crippen LogP contribution in [0, 0.1) is 5.82 Å². The van der Waals surface area contributed by atoms with Gasteiger partial charge in [0, 0.05) is 47.0 Å². The average Bonchev–Trinajstić information content (AvgIpc) is 3.33. The molecule has 1 aliphatic heterocycles. The minimum atomic E-state index is -4.53. The first-order chi connectivity index (χ1) is 17.5. The zero-order valence-corrected chi connectivity index (χ0v) is 20.0. The van der Waals surface area contributed by atoms with Crippen LogP contribution >= 0.6 is 0 Å². The van der Waals surface area contributed by atoms with E-state index >= 15 is 4.39 Å². The molecule has 0 fully saturated rings. The molecule has 2 aliphatic carbocycles. The largest absolute Gasteiger partial charge is 0.478 e. The summed E-state index contributed by atoms with van der Waals surface area (Å²) in [4.78, 5) is 17.1. The fourth-order valence-corrected chi connectivity index (χ4v) is 5.61. The Morgan fingerprint density at radius 1 is 1.19 bits per heavy atom. The number of rotatable bonds is 5. The summed E-state index contributed by atoms with van der Waals surface area (Å²) in [6, 6.07) is 10.1. The molecule has 9 heteroatoms. The van der Waals surface area contributed by atoms with Gasteiger partial charge in [-0.2, -0.15) is 13.2 Å². The van der Waals surface area contributed by atoms with E-state index in [4.69, 9.17) is 4.74 Å². The molecular formula is C28H22F4N2O3. The van der Waals surface area contributed by atoms with E-state index in [1.807, 2.05) is 13.8 Å². The van der Waals surface area contributed by atoms with Gasteiger partial charge < -0.3 is 14.7 Å². The maximum absolute atomic E-state index is 15.1. The summed E-state index contributed by atoms with van der Waals surface area (Å²) in [5, 5.41) is 9.22. The third kappa shape index (κ3) is 3.75. The smallest absolute Gasteiger partial charge is 0.418 e. The number of pyridine rings is 1. The van der Waals surface area contributed by atoms with Gasteiger partial charge in [-0.15, -0.1) is 0 Å². The van der Waals surface area contributed by atoms with Crippen LogP contribution in [0.4, 0.5) is 28.9 Å². The van der Waals surface area contributed by atoms with Crippen molar-refractivity contribution in [2.24, 2.45) is 0 Å². The summed E-state index contributed by atoms with van der Waals surface area (Å²) in [6.07, 6.45) is -2.41. The van der Waals surface area contributed by atoms with Gasteiger partial charge in [0.2, 0.25) is 5.88 Å². The number of para-hydroxylation sites is 1. The fraction of sp³-hybridized carbons (Fsp3) is 0.286. The lowest BCUT2D eigenvalue weighted by Crippen LogP contribution is -2.26. The second-order valence-electron chi connectivity index (χ2n) is 10.3. The molecule has 0 amide bonds. The summed E-state index contributed by atoms with van der Waals surface area (Å²) in [6.45, 7) is 3.86. The van der Waals surface area contributed by atoms with Crippen molar-refractivity contribution in [3.05, 3.63) is 93.4 Å². The quantitative estimate of drug-likeness (QED) is 0.409. The number of halogens is 4. The number of alkyl halides is 3. The number of ether oxygens (including phenoxy) is 1. The number of carbonyl (C=O) groups is 1. The predicted octanol–water partition coefficient (Wildman–Crippen LogP) is 6.28. The van der Waals surface area contributed by atoms with Gasteiger partial charge in [0.25, 0.3) is 0 Å². The summed E-state index contributed by atoms with van der Waals surface area (Å²) in [7, 11) is 0. The lowest BCUT2D eigenvalue weighted by Gasteiger charge is -2.25. The Balaban J connectivity index is 1.28. The Hall–Kier alpha value is -3.88. The van der Waals surface area contributed by atoms with Crippen LogP contribution in [-0.4, -0.2) is 22.6 Å². The topological polar surface area (TPSA) is 62.7 Å². The molecule has 0 saturated carbocycles. The molecule has 1 atom stereocenters. The predicted molar refractivity (Wildman–Crippen MR) is 128 cm³/mol. The highest BCUT2D eigenvalue weighted by Gasteiger charge is 2.48. The highest BCUT2D eigenvalue weighted by molar-refractivity contribution is 5.98. The Morgan fingerprint density at radius 2 is 1.95 bits per heavy atom. The van der Waals surface area contributed by atoms with Crippen LogP contribution in [0.1, 0.15) is 47.6 Å². The molecule has 1 N–H and O–H groups in total. The number of hydrogen-bond donors (Lipinski definition) is 1. The number of hydrogen-bond acceptors (Lipinski definition) is 4. The van der Waals surface area contributed by atoms with Crippen molar-refractivity contribution < 1.29 is 32.2 Å². The number of aromatic nitrogens is 1. The number of nitrogens with zero attached hydrogens (tertiary/aromatic N) is 2. The van der Waals surface area contributed by atoms with Crippen molar-refractivity contribution in [3.8, 4) is 5.88 Å². The van der Waals surface area contributed by atoms with Gasteiger partial charge in [-0.3, -0.25) is 0 Å². The van der Waals surface area contributed by atoms with Crippen molar-refractivity contribution in [2.45, 2.75) is 44.4 Å². The van der Waals surface area contributed by atoms with E-state index in [0.717, 1.165) is 22.8 Å². The highest BCUT2D eigenvalue weighted by atomic mass is 19.4. The van der Waals surface area contributed by atoms with Crippen molar-refractivity contribution in [3.63, 3.8) is 0 Å². The summed E-state index contributed by atoms with van der Waals surface area (Å²) in [5.74, 6) is -1.31. The van der Waals surface area contributed by atoms with Gasteiger partial charge in [0.15, 0.2) is 0 Å². The number of benzene rings is 2. The summed E-state index contributed by atoms with van der Waals surface area (Å²) < 4.78 is 62.2. The van der Waals surface area contributed by atoms with Crippen molar-refractivity contribution >= 4 is 17.3 Å². The summed E-state index contributed by atoms with van der Waals surface area (Å²) in [5.41, 5.74) is 3.14. The molecule has 0 bridgehead atoms. The first-order valence-corrected chi connectivity index (χ1v) is 11.8. The molecule has 5 nitrogen and oxygen atoms in total. The molecule has 0 radical (unpaired) electrons. The highest BCUT2D eigenvalue weighted by Crippen LogP contribution is 2.56. The molecule has 1 unspecified atom stereocenters. The van der Waals surface area contributed by atoms with E-state index in [2.05, 4.69) is 4.98 Å². The summed E-state index contributed by atoms with van der Waals surface area (Å²) >= 11 is 0. The van der Waals surface area contributed by atoms with Crippen molar-refractivity contribution in [1.29, 1.82) is 0 Å². The lowest BCUT2D eigenvalue weighted by atomic mass is 9.86. The maximum Gasteiger partial charge on any atom is 0.418 e. The van der Waals surface area contributed by atoms with Crippen LogP contribution in [0.15, 0.2) is 59.8 Å². The van der Waals surface area contributed by atoms with E-state index in [0.29, 0.717) is 23.2 Å². The molecular weight excluding hydrogens is 488 g/mol. The standard InChI is InChI=1S/C28H22F4N2O3/c1-27(2)13-34(21-6-4-3-5-18(21)28(30,31)32)22-8-15(20(29)10-19(22)27)12-37-23-9-14-7-16-24(17(14)11-33-23)25(16)26(35)36/h3-6,8-11,24H,7,12-13H2,1-2H3,(H,35,36). The molecule has 0 saturated heterocycles. The van der Waals surface area contributed by atoms with E-state index in [9.17, 15) is 23.1 Å². The third-order valence-corrected chi connectivity index (χ3v) is 7.44. The zero-order valence-electron chi connectivity index (χ0n) is 20.0. The molecule has 37 heavy (non-hydrogen) atoms. The van der Waals surface area contributed by atoms with E-state index in [-0.39, 0.29) is 36.2 Å². The van der Waals surface area contributed by atoms with E-state index < -0.39 is 28.9 Å². The lowest BCUT2D eigenvalue weighted by molar-refractivity contribution is -0.137. The Kier molecular flexibility index (Phi) is 4.96. The van der Waals surface area contributed by atoms with Gasteiger partial charge in [-0.1, -0.05) is 26.0 Å². The number of allylic oxidation sites excluding steroid dienone is 1. The molecule has 3 aliphatic rings. The number of aliphatic carboxylic acids is 1. The monoisotopic (exact) mass is 510 g/mol. The van der Waals surface area contributed by atoms with Gasteiger partial charge in [-0.05, 0) is 52.9 Å². The molecule has 2 aromatic carbocycles. The minimum absolute atomic E-state index is 0.0224. The molecule has 190 valence electrons. The Morgan fingerprint density at radius 3 is 2.68 bits per heavy atom. The van der Waals surface area contributed by atoms with Gasteiger partial charge in [-0.25, -0.2) is 14.2 Å². The second-order valence-corrected chi connectivity index (χ2v) is 10.3. The second kappa shape index (κ2) is 7.81. The van der Waals surface area contributed by atoms with Gasteiger partial charge in [0.05, 0.1) is 11.3 Å². The van der Waals surface area contributed by atoms with E-state index in [1.165, 1.54) is 18.2 Å². The maximum atomic E-state index is 15.1. The third-order valence-electron chi connectivity index (χ3n) is 7.44. The molecule has 3 aromatic rings. The Bertz CT molecular complexity index is 1510. The van der Waals surface area contributed by atoms with Crippen molar-refractivity contribution in [2.75, 3.05) is 11.4 Å². The van der Waals surface area contributed by atoms with Gasteiger partial charge >= 0.3 is 12.1 Å². The first-order valence-electron chi connectivity index (χ1n) is 11.8.